The van der Waals surface area contributed by atoms with Crippen molar-refractivity contribution in [1.82, 2.24) is 19.3 Å². The molecule has 0 bridgehead atoms. The number of aryl methyl sites for hydroxylation is 2. The van der Waals surface area contributed by atoms with Gasteiger partial charge >= 0.3 is 0 Å². The number of imidazole rings is 1. The molecule has 0 radical (unpaired) electrons. The van der Waals surface area contributed by atoms with E-state index in [4.69, 9.17) is 16.6 Å². The van der Waals surface area contributed by atoms with Gasteiger partial charge in [-0.3, -0.25) is 0 Å². The van der Waals surface area contributed by atoms with Crippen molar-refractivity contribution in [3.05, 3.63) is 11.5 Å². The van der Waals surface area contributed by atoms with E-state index in [1.807, 2.05) is 18.5 Å². The van der Waals surface area contributed by atoms with E-state index in [2.05, 4.69) is 37.4 Å². The maximum Gasteiger partial charge on any atom is 0.159 e. The van der Waals surface area contributed by atoms with Crippen molar-refractivity contribution in [2.24, 2.45) is 0 Å². The van der Waals surface area contributed by atoms with E-state index in [1.54, 1.807) is 0 Å². The van der Waals surface area contributed by atoms with Gasteiger partial charge in [0.1, 0.15) is 11.3 Å². The van der Waals surface area contributed by atoms with Crippen molar-refractivity contribution in [2.75, 3.05) is 0 Å². The lowest BCUT2D eigenvalue weighted by Gasteiger charge is -2.25. The highest BCUT2D eigenvalue weighted by atomic mass is 35.5. The van der Waals surface area contributed by atoms with Gasteiger partial charge in [0, 0.05) is 12.1 Å². The lowest BCUT2D eigenvalue weighted by molar-refractivity contribution is 0.385. The molecule has 0 spiro atoms. The topological polar surface area (TPSA) is 35.6 Å². The number of fused-ring (bicyclic) bond motifs is 1. The number of nitrogens with zero attached hydrogens (tertiary/aromatic N) is 4. The number of halogens is 1. The minimum atomic E-state index is -0.110. The van der Waals surface area contributed by atoms with Crippen LogP contribution in [-0.4, -0.2) is 19.3 Å². The molecule has 0 saturated carbocycles. The van der Waals surface area contributed by atoms with Gasteiger partial charge in [-0.05, 0) is 41.5 Å². The van der Waals surface area contributed by atoms with Crippen molar-refractivity contribution in [2.45, 2.75) is 59.0 Å². The summed E-state index contributed by atoms with van der Waals surface area (Å²) in [6, 6.07) is 0. The van der Waals surface area contributed by atoms with Crippen LogP contribution in [0.2, 0.25) is 0 Å². The fourth-order valence-electron chi connectivity index (χ4n) is 2.33. The van der Waals surface area contributed by atoms with E-state index in [-0.39, 0.29) is 10.9 Å². The third-order valence-corrected chi connectivity index (χ3v) is 3.26. The summed E-state index contributed by atoms with van der Waals surface area (Å²) < 4.78 is 4.22. The first kappa shape index (κ1) is 13.4. The fourth-order valence-corrected chi connectivity index (χ4v) is 2.48. The van der Waals surface area contributed by atoms with Crippen molar-refractivity contribution < 1.29 is 0 Å². The largest absolute Gasteiger partial charge is 0.306 e. The Morgan fingerprint density at radius 3 is 2.39 bits per heavy atom. The number of hydrogen-bond donors (Lipinski definition) is 0. The molecule has 0 aliphatic heterocycles. The molecule has 18 heavy (non-hydrogen) atoms. The van der Waals surface area contributed by atoms with Crippen LogP contribution in [0.4, 0.5) is 0 Å². The van der Waals surface area contributed by atoms with Crippen LogP contribution in [0.25, 0.3) is 11.2 Å². The van der Waals surface area contributed by atoms with Gasteiger partial charge in [-0.1, -0.05) is 0 Å². The lowest BCUT2D eigenvalue weighted by Crippen LogP contribution is -2.25. The molecule has 1 atom stereocenters. The van der Waals surface area contributed by atoms with E-state index in [0.717, 1.165) is 29.2 Å². The second kappa shape index (κ2) is 4.26. The predicted molar refractivity (Wildman–Crippen MR) is 75.2 cm³/mol. The maximum atomic E-state index is 6.28. The molecule has 100 valence electrons. The summed E-state index contributed by atoms with van der Waals surface area (Å²) in [6.45, 7) is 13.4. The number of rotatable bonds is 2. The second-order valence-electron chi connectivity index (χ2n) is 5.67. The van der Waals surface area contributed by atoms with Crippen molar-refractivity contribution in [3.8, 4) is 0 Å². The normalized spacial score (nSPS) is 14.4. The van der Waals surface area contributed by atoms with Crippen molar-refractivity contribution in [1.29, 1.82) is 0 Å². The van der Waals surface area contributed by atoms with Crippen LogP contribution in [0.1, 0.15) is 51.5 Å². The van der Waals surface area contributed by atoms with Crippen LogP contribution in [0.15, 0.2) is 0 Å². The first-order valence-electron chi connectivity index (χ1n) is 6.37. The summed E-state index contributed by atoms with van der Waals surface area (Å²) in [5, 5.41) is 4.42. The molecule has 0 aliphatic carbocycles. The predicted octanol–water partition coefficient (Wildman–Crippen LogP) is 3.62. The quantitative estimate of drug-likeness (QED) is 0.780. The Morgan fingerprint density at radius 2 is 1.94 bits per heavy atom. The number of aromatic nitrogens is 4. The lowest BCUT2D eigenvalue weighted by atomic mass is 10.1. The Morgan fingerprint density at radius 1 is 1.33 bits per heavy atom. The first-order valence-corrected chi connectivity index (χ1v) is 6.81. The van der Waals surface area contributed by atoms with Crippen LogP contribution in [0.5, 0.6) is 0 Å². The van der Waals surface area contributed by atoms with Gasteiger partial charge in [0.25, 0.3) is 0 Å². The average molecular weight is 269 g/mol. The molecule has 0 fully saturated rings. The fraction of sp³-hybridized carbons (Fsp3) is 0.692. The second-order valence-corrected chi connectivity index (χ2v) is 6.32. The Balaban J connectivity index is 2.88. The van der Waals surface area contributed by atoms with E-state index in [0.29, 0.717) is 0 Å². The molecule has 0 amide bonds. The summed E-state index contributed by atoms with van der Waals surface area (Å²) >= 11 is 6.28. The van der Waals surface area contributed by atoms with Gasteiger partial charge in [0.05, 0.1) is 11.1 Å². The van der Waals surface area contributed by atoms with Crippen LogP contribution in [0.3, 0.4) is 0 Å². The average Bonchev–Trinajstić information content (AvgIpc) is 2.75. The van der Waals surface area contributed by atoms with Crippen molar-refractivity contribution >= 4 is 22.8 Å². The molecule has 4 nitrogen and oxygen atoms in total. The number of hydrogen-bond acceptors (Lipinski definition) is 2. The third-order valence-electron chi connectivity index (χ3n) is 3.06. The van der Waals surface area contributed by atoms with Gasteiger partial charge in [-0.25, -0.2) is 9.67 Å². The van der Waals surface area contributed by atoms with Gasteiger partial charge in [-0.15, -0.1) is 11.6 Å². The maximum absolute atomic E-state index is 6.28. The highest BCUT2D eigenvalue weighted by Gasteiger charge is 2.27. The minimum Gasteiger partial charge on any atom is -0.306 e. The summed E-state index contributed by atoms with van der Waals surface area (Å²) in [6.07, 6.45) is 0. The zero-order chi connectivity index (χ0) is 13.7. The van der Waals surface area contributed by atoms with Crippen LogP contribution in [-0.2, 0) is 12.1 Å². The SMILES string of the molecule is CCn1nc(C)c2nc(C(C)Cl)n(C(C)(C)C)c21. The van der Waals surface area contributed by atoms with Gasteiger partial charge in [0.15, 0.2) is 5.65 Å². The molecule has 0 aromatic carbocycles. The van der Waals surface area contributed by atoms with Crippen LogP contribution in [0, 0.1) is 6.92 Å². The summed E-state index contributed by atoms with van der Waals surface area (Å²) in [7, 11) is 0. The Bertz CT molecular complexity index is 572. The molecular weight excluding hydrogens is 248 g/mol. The Labute approximate surface area is 113 Å². The zero-order valence-corrected chi connectivity index (χ0v) is 12.7. The van der Waals surface area contributed by atoms with Crippen LogP contribution >= 0.6 is 11.6 Å². The van der Waals surface area contributed by atoms with E-state index >= 15 is 0 Å². The smallest absolute Gasteiger partial charge is 0.159 e. The molecule has 2 aromatic heterocycles. The highest BCUT2D eigenvalue weighted by molar-refractivity contribution is 6.20. The standard InChI is InChI=1S/C13H21ClN4/c1-7-17-12-10(9(3)16-17)15-11(8(2)14)18(12)13(4,5)6/h8H,7H2,1-6H3. The molecule has 1 unspecified atom stereocenters. The van der Waals surface area contributed by atoms with Gasteiger partial charge in [-0.2, -0.15) is 5.10 Å². The summed E-state index contributed by atoms with van der Waals surface area (Å²) in [4.78, 5) is 4.69. The third kappa shape index (κ3) is 1.92. The molecular formula is C13H21ClN4. The Hall–Kier alpha value is -1.03. The molecule has 2 aromatic rings. The molecule has 0 N–H and O–H groups in total. The van der Waals surface area contributed by atoms with Gasteiger partial charge in [0.2, 0.25) is 0 Å². The molecule has 0 aliphatic rings. The van der Waals surface area contributed by atoms with Crippen molar-refractivity contribution in [3.63, 3.8) is 0 Å². The molecule has 2 rings (SSSR count). The van der Waals surface area contributed by atoms with Crippen LogP contribution < -0.4 is 0 Å². The van der Waals surface area contributed by atoms with E-state index in [1.165, 1.54) is 0 Å². The summed E-state index contributed by atoms with van der Waals surface area (Å²) in [5.41, 5.74) is 2.94. The molecule has 0 saturated heterocycles. The highest BCUT2D eigenvalue weighted by Crippen LogP contribution is 2.31. The zero-order valence-electron chi connectivity index (χ0n) is 12.0. The summed E-state index contributed by atoms with van der Waals surface area (Å²) in [5.74, 6) is 0.918. The molecule has 5 heteroatoms. The first-order chi connectivity index (χ1) is 8.27. The van der Waals surface area contributed by atoms with E-state index in [9.17, 15) is 0 Å². The van der Waals surface area contributed by atoms with E-state index < -0.39 is 0 Å². The Kier molecular flexibility index (Phi) is 3.18. The molecule has 2 heterocycles. The number of alkyl halides is 1. The minimum absolute atomic E-state index is 0.0629. The monoisotopic (exact) mass is 268 g/mol. The van der Waals surface area contributed by atoms with Gasteiger partial charge < -0.3 is 4.57 Å².